The number of rotatable bonds is 11. The number of hydrogen-bond donors (Lipinski definition) is 2. The molecule has 2 aliphatic rings. The van der Waals surface area contributed by atoms with Crippen LogP contribution in [0.4, 0.5) is 18.4 Å². The minimum atomic E-state index is -1.40. The Morgan fingerprint density at radius 2 is 1.64 bits per heavy atom. The highest BCUT2D eigenvalue weighted by Gasteiger charge is 2.43. The van der Waals surface area contributed by atoms with E-state index in [1.54, 1.807) is 7.11 Å². The summed E-state index contributed by atoms with van der Waals surface area (Å²) < 4.78 is 44.2. The van der Waals surface area contributed by atoms with Gasteiger partial charge in [-0.3, -0.25) is 0 Å². The first-order valence-corrected chi connectivity index (χ1v) is 16.6. The van der Waals surface area contributed by atoms with Crippen molar-refractivity contribution in [2.75, 3.05) is 54.1 Å². The number of urea groups is 2. The zero-order valence-electron chi connectivity index (χ0n) is 29.1. The second-order valence-electron chi connectivity index (χ2n) is 12.8. The summed E-state index contributed by atoms with van der Waals surface area (Å²) in [4.78, 5) is 43.0. The standard InChI is InChI=1S/C38H44F2N4O6/c1-24-7-11-27(12-8-24)38(28-21-25(2)9-14-32(28)49-4)15-19-43(20-16-38)18-6-17-41-36(46)44-34(26-10-13-29(39)30(40)22-26)33(35(45)50-5)31(23-48-3)42-37(44)47/h7-14,21-22,34H,6,15-20,23H2,1-5H3,(H,41,46)(H,42,47). The van der Waals surface area contributed by atoms with Crippen LogP contribution in [0.5, 0.6) is 5.75 Å². The third-order valence-electron chi connectivity index (χ3n) is 9.62. The number of nitrogens with one attached hydrogen (secondary N) is 2. The van der Waals surface area contributed by atoms with Gasteiger partial charge >= 0.3 is 18.0 Å². The Hall–Kier alpha value is -4.81. The van der Waals surface area contributed by atoms with Gasteiger partial charge in [-0.2, -0.15) is 0 Å². The minimum absolute atomic E-state index is 0.0125. The Bertz CT molecular complexity index is 1750. The molecule has 2 aliphatic heterocycles. The normalized spacial score (nSPS) is 17.7. The fraction of sp³-hybridized carbons (Fsp3) is 0.395. The molecule has 0 spiro atoms. The van der Waals surface area contributed by atoms with Crippen LogP contribution < -0.4 is 15.4 Å². The topological polar surface area (TPSA) is 109 Å². The molecular formula is C38H44F2N4O6. The third kappa shape index (κ3) is 7.51. The predicted octanol–water partition coefficient (Wildman–Crippen LogP) is 5.91. The van der Waals surface area contributed by atoms with E-state index in [2.05, 4.69) is 65.8 Å². The van der Waals surface area contributed by atoms with E-state index >= 15 is 0 Å². The number of likely N-dealkylation sites (tertiary alicyclic amines) is 1. The van der Waals surface area contributed by atoms with Crippen LogP contribution in [0.25, 0.3) is 0 Å². The fourth-order valence-electron chi connectivity index (χ4n) is 7.00. The Kier molecular flexibility index (Phi) is 11.5. The molecule has 0 bridgehead atoms. The van der Waals surface area contributed by atoms with Gasteiger partial charge in [-0.05, 0) is 82.1 Å². The number of carbonyl (C=O) groups excluding carboxylic acids is 3. The van der Waals surface area contributed by atoms with Crippen molar-refractivity contribution in [3.63, 3.8) is 0 Å². The molecule has 12 heteroatoms. The molecule has 1 saturated heterocycles. The van der Waals surface area contributed by atoms with E-state index in [-0.39, 0.29) is 35.4 Å². The molecule has 2 N–H and O–H groups in total. The maximum Gasteiger partial charge on any atom is 0.338 e. The molecule has 0 radical (unpaired) electrons. The van der Waals surface area contributed by atoms with E-state index in [0.717, 1.165) is 55.8 Å². The highest BCUT2D eigenvalue weighted by molar-refractivity contribution is 6.01. The molecule has 1 atom stereocenters. The van der Waals surface area contributed by atoms with E-state index < -0.39 is 35.7 Å². The summed E-state index contributed by atoms with van der Waals surface area (Å²) in [5, 5.41) is 5.30. The predicted molar refractivity (Wildman–Crippen MR) is 184 cm³/mol. The lowest BCUT2D eigenvalue weighted by molar-refractivity contribution is -0.137. The molecule has 3 aromatic rings. The van der Waals surface area contributed by atoms with Gasteiger partial charge in [0.1, 0.15) is 11.8 Å². The molecule has 2 heterocycles. The number of amides is 4. The van der Waals surface area contributed by atoms with Crippen molar-refractivity contribution in [1.29, 1.82) is 0 Å². The van der Waals surface area contributed by atoms with Crippen molar-refractivity contribution in [3.05, 3.63) is 111 Å². The van der Waals surface area contributed by atoms with E-state index in [1.165, 1.54) is 35.4 Å². The van der Waals surface area contributed by atoms with Crippen LogP contribution in [0.3, 0.4) is 0 Å². The number of carbonyl (C=O) groups is 3. The summed E-state index contributed by atoms with van der Waals surface area (Å²) in [5.74, 6) is -2.30. The molecule has 3 aromatic carbocycles. The van der Waals surface area contributed by atoms with Crippen molar-refractivity contribution in [1.82, 2.24) is 20.4 Å². The molecule has 4 amide bonds. The molecule has 1 fully saturated rings. The first-order chi connectivity index (χ1) is 24.0. The summed E-state index contributed by atoms with van der Waals surface area (Å²) in [6, 6.07) is 14.9. The number of nitrogens with zero attached hydrogens (tertiary/aromatic N) is 2. The number of imide groups is 1. The maximum absolute atomic E-state index is 14.4. The highest BCUT2D eigenvalue weighted by Crippen LogP contribution is 2.46. The van der Waals surface area contributed by atoms with Gasteiger partial charge in [0.25, 0.3) is 0 Å². The van der Waals surface area contributed by atoms with E-state index in [4.69, 9.17) is 14.2 Å². The summed E-state index contributed by atoms with van der Waals surface area (Å²) >= 11 is 0. The lowest BCUT2D eigenvalue weighted by atomic mass is 9.67. The van der Waals surface area contributed by atoms with Crippen molar-refractivity contribution in [2.24, 2.45) is 0 Å². The monoisotopic (exact) mass is 690 g/mol. The Morgan fingerprint density at radius 3 is 2.28 bits per heavy atom. The van der Waals surface area contributed by atoms with Crippen LogP contribution in [0.1, 0.15) is 53.1 Å². The van der Waals surface area contributed by atoms with Gasteiger partial charge in [-0.1, -0.05) is 53.6 Å². The molecular weight excluding hydrogens is 646 g/mol. The molecule has 0 aliphatic carbocycles. The molecule has 50 heavy (non-hydrogen) atoms. The number of esters is 1. The van der Waals surface area contributed by atoms with Gasteiger partial charge in [0, 0.05) is 24.6 Å². The third-order valence-corrected chi connectivity index (χ3v) is 9.62. The maximum atomic E-state index is 14.4. The lowest BCUT2D eigenvalue weighted by Crippen LogP contribution is -2.55. The first-order valence-electron chi connectivity index (χ1n) is 16.6. The summed E-state index contributed by atoms with van der Waals surface area (Å²) in [6.45, 7) is 6.54. The lowest BCUT2D eigenvalue weighted by Gasteiger charge is -2.43. The number of piperidine rings is 1. The van der Waals surface area contributed by atoms with Gasteiger partial charge in [0.05, 0.1) is 32.1 Å². The molecule has 1 unspecified atom stereocenters. The quantitative estimate of drug-likeness (QED) is 0.190. The Morgan fingerprint density at radius 1 is 0.940 bits per heavy atom. The number of ether oxygens (including phenoxy) is 3. The minimum Gasteiger partial charge on any atom is -0.496 e. The summed E-state index contributed by atoms with van der Waals surface area (Å²) in [7, 11) is 4.22. The largest absolute Gasteiger partial charge is 0.496 e. The van der Waals surface area contributed by atoms with Crippen LogP contribution >= 0.6 is 0 Å². The first kappa shape index (κ1) is 36.5. The molecule has 5 rings (SSSR count). The summed E-state index contributed by atoms with van der Waals surface area (Å²) in [6.07, 6.45) is 2.33. The van der Waals surface area contributed by atoms with E-state index in [1.807, 2.05) is 6.07 Å². The average Bonchev–Trinajstić information content (AvgIpc) is 3.11. The average molecular weight is 691 g/mol. The van der Waals surface area contributed by atoms with Gasteiger partial charge in [-0.25, -0.2) is 28.1 Å². The van der Waals surface area contributed by atoms with E-state index in [9.17, 15) is 23.2 Å². The fourth-order valence-corrected chi connectivity index (χ4v) is 7.00. The van der Waals surface area contributed by atoms with Crippen LogP contribution in [-0.4, -0.2) is 81.9 Å². The molecule has 266 valence electrons. The van der Waals surface area contributed by atoms with Crippen LogP contribution in [0, 0.1) is 25.5 Å². The van der Waals surface area contributed by atoms with Crippen LogP contribution in [0.2, 0.25) is 0 Å². The molecule has 0 saturated carbocycles. The van der Waals surface area contributed by atoms with Gasteiger partial charge < -0.3 is 29.7 Å². The van der Waals surface area contributed by atoms with Crippen molar-refractivity contribution >= 4 is 18.0 Å². The molecule has 10 nitrogen and oxygen atoms in total. The highest BCUT2D eigenvalue weighted by atomic mass is 19.2. The smallest absolute Gasteiger partial charge is 0.338 e. The van der Waals surface area contributed by atoms with Gasteiger partial charge in [0.15, 0.2) is 11.6 Å². The number of benzene rings is 3. The Balaban J connectivity index is 1.29. The second kappa shape index (κ2) is 15.8. The zero-order chi connectivity index (χ0) is 36.0. The summed E-state index contributed by atoms with van der Waals surface area (Å²) in [5.41, 5.74) is 4.51. The van der Waals surface area contributed by atoms with Crippen LogP contribution in [0.15, 0.2) is 71.9 Å². The number of aryl methyl sites for hydroxylation is 2. The van der Waals surface area contributed by atoms with E-state index in [0.29, 0.717) is 13.0 Å². The zero-order valence-corrected chi connectivity index (χ0v) is 29.1. The van der Waals surface area contributed by atoms with Crippen molar-refractivity contribution in [2.45, 2.75) is 44.6 Å². The molecule has 0 aromatic heterocycles. The SMILES string of the molecule is COCC1=C(C(=O)OC)C(c2ccc(F)c(F)c2)N(C(=O)NCCCN2CCC(c3ccc(C)cc3)(c3cc(C)ccc3OC)CC2)C(=O)N1. The number of methoxy groups -OCH3 is 3. The van der Waals surface area contributed by atoms with Crippen molar-refractivity contribution in [3.8, 4) is 5.75 Å². The number of halogens is 2. The van der Waals surface area contributed by atoms with Gasteiger partial charge in [0.2, 0.25) is 0 Å². The Labute approximate surface area is 291 Å². The number of hydrogen-bond acceptors (Lipinski definition) is 7. The second-order valence-corrected chi connectivity index (χ2v) is 12.8. The van der Waals surface area contributed by atoms with Crippen molar-refractivity contribution < 1.29 is 37.4 Å². The van der Waals surface area contributed by atoms with Crippen LogP contribution in [-0.2, 0) is 19.7 Å². The van der Waals surface area contributed by atoms with Gasteiger partial charge in [-0.15, -0.1) is 0 Å².